The first-order valence-electron chi connectivity index (χ1n) is 5.47. The van der Waals surface area contributed by atoms with Crippen LogP contribution in [0.15, 0.2) is 30.3 Å². The zero-order chi connectivity index (χ0) is 13.3. The maximum atomic E-state index is 12.1. The van der Waals surface area contributed by atoms with Crippen LogP contribution in [0.25, 0.3) is 0 Å². The molecule has 0 unspecified atom stereocenters. The quantitative estimate of drug-likeness (QED) is 0.487. The van der Waals surface area contributed by atoms with E-state index in [4.69, 9.17) is 4.74 Å². The van der Waals surface area contributed by atoms with Crippen molar-refractivity contribution >= 4 is 5.78 Å². The van der Waals surface area contributed by atoms with Gasteiger partial charge in [-0.05, 0) is 0 Å². The van der Waals surface area contributed by atoms with Crippen molar-refractivity contribution < 1.29 is 30.0 Å². The van der Waals surface area contributed by atoms with E-state index in [9.17, 15) is 25.2 Å². The molecule has 0 radical (unpaired) electrons. The van der Waals surface area contributed by atoms with Crippen molar-refractivity contribution in [1.82, 2.24) is 0 Å². The average molecular weight is 254 g/mol. The topological polar surface area (TPSA) is 107 Å². The Balaban J connectivity index is 2.29. The van der Waals surface area contributed by atoms with Crippen LogP contribution in [0, 0.1) is 0 Å². The predicted molar refractivity (Wildman–Crippen MR) is 59.7 cm³/mol. The van der Waals surface area contributed by atoms with Crippen LogP contribution in [-0.4, -0.2) is 56.9 Å². The molecule has 0 spiro atoms. The van der Waals surface area contributed by atoms with Gasteiger partial charge in [-0.2, -0.15) is 0 Å². The molecular formula is C12H14O6. The van der Waals surface area contributed by atoms with Crippen LogP contribution < -0.4 is 0 Å². The van der Waals surface area contributed by atoms with E-state index in [0.717, 1.165) is 0 Å². The van der Waals surface area contributed by atoms with Crippen LogP contribution in [0.5, 0.6) is 0 Å². The van der Waals surface area contributed by atoms with Gasteiger partial charge in [0.2, 0.25) is 5.78 Å². The van der Waals surface area contributed by atoms with Gasteiger partial charge in [0.15, 0.2) is 0 Å². The Morgan fingerprint density at radius 3 is 2.44 bits per heavy atom. The fourth-order valence-electron chi connectivity index (χ4n) is 1.83. The van der Waals surface area contributed by atoms with Gasteiger partial charge in [-0.1, -0.05) is 30.3 Å². The van der Waals surface area contributed by atoms with Gasteiger partial charge in [-0.25, -0.2) is 0 Å². The van der Waals surface area contributed by atoms with Gasteiger partial charge in [0.25, 0.3) is 5.79 Å². The predicted octanol–water partition coefficient (Wildman–Crippen LogP) is -1.33. The molecule has 0 saturated carbocycles. The molecule has 6 heteroatoms. The molecule has 1 aromatic carbocycles. The number of ether oxygens (including phenoxy) is 1. The zero-order valence-corrected chi connectivity index (χ0v) is 9.43. The average Bonchev–Trinajstić information content (AvgIpc) is 2.41. The van der Waals surface area contributed by atoms with Gasteiger partial charge < -0.3 is 25.2 Å². The highest BCUT2D eigenvalue weighted by molar-refractivity contribution is 6.01. The van der Waals surface area contributed by atoms with Crippen molar-refractivity contribution in [2.24, 2.45) is 0 Å². The normalized spacial score (nSPS) is 36.3. The first-order valence-corrected chi connectivity index (χ1v) is 5.47. The number of Topliss-reactive ketones (excluding diaryl/α,β-unsaturated/α-hetero) is 1. The molecule has 1 heterocycles. The minimum atomic E-state index is -2.54. The molecule has 4 atom stereocenters. The molecule has 98 valence electrons. The fraction of sp³-hybridized carbons (Fsp3) is 0.417. The molecule has 4 N–H and O–H groups in total. The number of hydrogen-bond donors (Lipinski definition) is 4. The first-order chi connectivity index (χ1) is 8.47. The van der Waals surface area contributed by atoms with E-state index >= 15 is 0 Å². The maximum Gasteiger partial charge on any atom is 0.260 e. The molecule has 1 aliphatic rings. The number of benzene rings is 1. The Morgan fingerprint density at radius 2 is 1.83 bits per heavy atom. The number of carbonyl (C=O) groups excluding carboxylic acids is 1. The standard InChI is InChI=1S/C12H14O6/c13-8-6-18-12(17,11(16)9(8)14)10(15)7-4-2-1-3-5-7/h1-5,8-9,11,13-14,16-17H,6H2/t8-,9+,11-,12-/m0/s1. The third-order valence-electron chi connectivity index (χ3n) is 2.95. The molecule has 1 aromatic rings. The summed E-state index contributed by atoms with van der Waals surface area (Å²) in [6.45, 7) is -0.437. The SMILES string of the molecule is O=C(c1ccccc1)[C@]1(O)OC[C@H](O)[C@@H](O)[C@@H]1O. The van der Waals surface area contributed by atoms with Gasteiger partial charge in [0, 0.05) is 5.56 Å². The molecular weight excluding hydrogens is 240 g/mol. The molecule has 1 saturated heterocycles. The number of aliphatic hydroxyl groups excluding tert-OH is 3. The second-order valence-electron chi connectivity index (χ2n) is 4.21. The van der Waals surface area contributed by atoms with Crippen molar-refractivity contribution in [3.05, 3.63) is 35.9 Å². The molecule has 0 amide bonds. The van der Waals surface area contributed by atoms with Crippen LogP contribution in [-0.2, 0) is 4.74 Å². The van der Waals surface area contributed by atoms with Gasteiger partial charge in [0.05, 0.1) is 6.61 Å². The van der Waals surface area contributed by atoms with E-state index in [1.54, 1.807) is 18.2 Å². The number of rotatable bonds is 2. The van der Waals surface area contributed by atoms with Crippen molar-refractivity contribution in [2.75, 3.05) is 6.61 Å². The van der Waals surface area contributed by atoms with Crippen molar-refractivity contribution in [2.45, 2.75) is 24.1 Å². The molecule has 1 aliphatic heterocycles. The summed E-state index contributed by atoms with van der Waals surface area (Å²) in [7, 11) is 0. The Hall–Kier alpha value is -1.31. The Kier molecular flexibility index (Phi) is 3.47. The number of ketones is 1. The van der Waals surface area contributed by atoms with Gasteiger partial charge in [0.1, 0.15) is 18.3 Å². The van der Waals surface area contributed by atoms with Crippen LogP contribution in [0.4, 0.5) is 0 Å². The minimum Gasteiger partial charge on any atom is -0.388 e. The lowest BCUT2D eigenvalue weighted by Crippen LogP contribution is -2.64. The van der Waals surface area contributed by atoms with Gasteiger partial charge >= 0.3 is 0 Å². The lowest BCUT2D eigenvalue weighted by atomic mass is 9.90. The summed E-state index contributed by atoms with van der Waals surface area (Å²) in [6, 6.07) is 7.79. The van der Waals surface area contributed by atoms with Crippen LogP contribution in [0.3, 0.4) is 0 Å². The number of aliphatic hydroxyl groups is 4. The minimum absolute atomic E-state index is 0.141. The molecule has 0 aliphatic carbocycles. The number of carbonyl (C=O) groups is 1. The largest absolute Gasteiger partial charge is 0.388 e. The van der Waals surface area contributed by atoms with Crippen molar-refractivity contribution in [1.29, 1.82) is 0 Å². The smallest absolute Gasteiger partial charge is 0.260 e. The highest BCUT2D eigenvalue weighted by Crippen LogP contribution is 2.27. The van der Waals surface area contributed by atoms with E-state index in [0.29, 0.717) is 0 Å². The molecule has 6 nitrogen and oxygen atoms in total. The van der Waals surface area contributed by atoms with Crippen LogP contribution >= 0.6 is 0 Å². The third kappa shape index (κ3) is 2.05. The zero-order valence-electron chi connectivity index (χ0n) is 9.43. The van der Waals surface area contributed by atoms with Gasteiger partial charge in [-0.3, -0.25) is 4.79 Å². The van der Waals surface area contributed by atoms with E-state index < -0.39 is 36.5 Å². The Bertz CT molecular complexity index is 433. The summed E-state index contributed by atoms with van der Waals surface area (Å²) in [4.78, 5) is 12.1. The maximum absolute atomic E-state index is 12.1. The highest BCUT2D eigenvalue weighted by atomic mass is 16.7. The Labute approximate surface area is 103 Å². The second kappa shape index (κ2) is 4.75. The van der Waals surface area contributed by atoms with E-state index in [-0.39, 0.29) is 5.56 Å². The number of hydrogen-bond acceptors (Lipinski definition) is 6. The summed E-state index contributed by atoms with van der Waals surface area (Å²) in [5.74, 6) is -3.40. The summed E-state index contributed by atoms with van der Waals surface area (Å²) in [5.41, 5.74) is 0.141. The monoisotopic (exact) mass is 254 g/mol. The van der Waals surface area contributed by atoms with Crippen molar-refractivity contribution in [3.8, 4) is 0 Å². The van der Waals surface area contributed by atoms with E-state index in [1.165, 1.54) is 12.1 Å². The van der Waals surface area contributed by atoms with E-state index in [1.807, 2.05) is 0 Å². The van der Waals surface area contributed by atoms with Crippen molar-refractivity contribution in [3.63, 3.8) is 0 Å². The second-order valence-corrected chi connectivity index (χ2v) is 4.21. The highest BCUT2D eigenvalue weighted by Gasteiger charge is 2.53. The fourth-order valence-corrected chi connectivity index (χ4v) is 1.83. The molecule has 1 fully saturated rings. The Morgan fingerprint density at radius 1 is 1.22 bits per heavy atom. The molecule has 2 rings (SSSR count). The van der Waals surface area contributed by atoms with Gasteiger partial charge in [-0.15, -0.1) is 0 Å². The molecule has 0 aromatic heterocycles. The lowest BCUT2D eigenvalue weighted by Gasteiger charge is -2.40. The van der Waals surface area contributed by atoms with E-state index in [2.05, 4.69) is 0 Å². The molecule has 18 heavy (non-hydrogen) atoms. The van der Waals surface area contributed by atoms with Crippen LogP contribution in [0.2, 0.25) is 0 Å². The summed E-state index contributed by atoms with van der Waals surface area (Å²) in [6.07, 6.45) is -4.89. The summed E-state index contributed by atoms with van der Waals surface area (Å²) >= 11 is 0. The molecule has 0 bridgehead atoms. The lowest BCUT2D eigenvalue weighted by molar-refractivity contribution is -0.292. The van der Waals surface area contributed by atoms with Crippen LogP contribution in [0.1, 0.15) is 10.4 Å². The summed E-state index contributed by atoms with van der Waals surface area (Å²) in [5, 5.41) is 38.5. The third-order valence-corrected chi connectivity index (χ3v) is 2.95. The first kappa shape index (κ1) is 13.1. The summed E-state index contributed by atoms with van der Waals surface area (Å²) < 4.78 is 4.82.